The SMILES string of the molecule is O=Cc1cccc(-c2cccc(CO)n2)n1. The van der Waals surface area contributed by atoms with Gasteiger partial charge in [0.05, 0.1) is 23.7 Å². The fourth-order valence-electron chi connectivity index (χ4n) is 1.37. The highest BCUT2D eigenvalue weighted by molar-refractivity contribution is 5.73. The highest BCUT2D eigenvalue weighted by Gasteiger charge is 2.02. The minimum Gasteiger partial charge on any atom is -0.390 e. The first-order valence-corrected chi connectivity index (χ1v) is 4.83. The zero-order valence-electron chi connectivity index (χ0n) is 8.50. The molecule has 0 radical (unpaired) electrons. The molecule has 0 unspecified atom stereocenters. The van der Waals surface area contributed by atoms with E-state index in [4.69, 9.17) is 5.11 Å². The number of aromatic nitrogens is 2. The van der Waals surface area contributed by atoms with Crippen molar-refractivity contribution in [3.63, 3.8) is 0 Å². The predicted molar refractivity (Wildman–Crippen MR) is 58.8 cm³/mol. The molecule has 0 fully saturated rings. The molecule has 0 aromatic carbocycles. The standard InChI is InChI=1S/C12H10N2O2/c15-7-9-3-1-5-11(13-9)12-6-2-4-10(8-16)14-12/h1-7,16H,8H2. The molecule has 4 nitrogen and oxygen atoms in total. The van der Waals surface area contributed by atoms with Gasteiger partial charge in [0.2, 0.25) is 0 Å². The molecule has 80 valence electrons. The molecule has 0 aliphatic carbocycles. The monoisotopic (exact) mass is 214 g/mol. The zero-order chi connectivity index (χ0) is 11.4. The van der Waals surface area contributed by atoms with Gasteiger partial charge in [0.1, 0.15) is 5.69 Å². The van der Waals surface area contributed by atoms with Crippen LogP contribution in [0.4, 0.5) is 0 Å². The smallest absolute Gasteiger partial charge is 0.168 e. The summed E-state index contributed by atoms with van der Waals surface area (Å²) in [6.07, 6.45) is 0.694. The van der Waals surface area contributed by atoms with Gasteiger partial charge in [-0.25, -0.2) is 9.97 Å². The van der Waals surface area contributed by atoms with Crippen molar-refractivity contribution in [2.24, 2.45) is 0 Å². The van der Waals surface area contributed by atoms with E-state index in [9.17, 15) is 4.79 Å². The van der Waals surface area contributed by atoms with E-state index in [0.29, 0.717) is 29.1 Å². The Morgan fingerprint density at radius 3 is 2.44 bits per heavy atom. The van der Waals surface area contributed by atoms with Crippen LogP contribution in [0.3, 0.4) is 0 Å². The van der Waals surface area contributed by atoms with Gasteiger partial charge in [0, 0.05) is 0 Å². The first kappa shape index (κ1) is 10.4. The van der Waals surface area contributed by atoms with Gasteiger partial charge in [-0.1, -0.05) is 12.1 Å². The first-order chi connectivity index (χ1) is 7.83. The molecule has 2 heterocycles. The number of rotatable bonds is 3. The van der Waals surface area contributed by atoms with E-state index in [1.54, 1.807) is 36.4 Å². The Labute approximate surface area is 92.6 Å². The second-order valence-electron chi connectivity index (χ2n) is 3.24. The van der Waals surface area contributed by atoms with Crippen LogP contribution < -0.4 is 0 Å². The Balaban J connectivity index is 2.45. The Bertz CT molecular complexity index is 512. The summed E-state index contributed by atoms with van der Waals surface area (Å²) in [5, 5.41) is 8.97. The van der Waals surface area contributed by atoms with Crippen molar-refractivity contribution in [1.82, 2.24) is 9.97 Å². The van der Waals surface area contributed by atoms with Gasteiger partial charge >= 0.3 is 0 Å². The van der Waals surface area contributed by atoms with Crippen LogP contribution in [0, 0.1) is 0 Å². The molecular formula is C12H10N2O2. The number of aldehydes is 1. The highest BCUT2D eigenvalue weighted by atomic mass is 16.3. The number of carbonyl (C=O) groups is 1. The summed E-state index contributed by atoms with van der Waals surface area (Å²) >= 11 is 0. The average Bonchev–Trinajstić information content (AvgIpc) is 2.39. The number of pyridine rings is 2. The molecule has 2 rings (SSSR count). The Morgan fingerprint density at radius 2 is 1.75 bits per heavy atom. The van der Waals surface area contributed by atoms with Gasteiger partial charge in [-0.2, -0.15) is 0 Å². The van der Waals surface area contributed by atoms with Crippen LogP contribution >= 0.6 is 0 Å². The van der Waals surface area contributed by atoms with Gasteiger partial charge in [-0.3, -0.25) is 4.79 Å². The average molecular weight is 214 g/mol. The molecule has 0 spiro atoms. The van der Waals surface area contributed by atoms with E-state index < -0.39 is 0 Å². The van der Waals surface area contributed by atoms with Crippen molar-refractivity contribution in [1.29, 1.82) is 0 Å². The molecule has 0 amide bonds. The van der Waals surface area contributed by atoms with Crippen LogP contribution in [0.15, 0.2) is 36.4 Å². The van der Waals surface area contributed by atoms with E-state index in [1.807, 2.05) is 0 Å². The van der Waals surface area contributed by atoms with Gasteiger partial charge in [0.15, 0.2) is 6.29 Å². The van der Waals surface area contributed by atoms with Crippen molar-refractivity contribution >= 4 is 6.29 Å². The summed E-state index contributed by atoms with van der Waals surface area (Å²) in [4.78, 5) is 18.9. The molecule has 16 heavy (non-hydrogen) atoms. The molecular weight excluding hydrogens is 204 g/mol. The summed E-state index contributed by atoms with van der Waals surface area (Å²) in [5.41, 5.74) is 2.22. The Kier molecular flexibility index (Phi) is 3.03. The van der Waals surface area contributed by atoms with Crippen LogP contribution in [0.25, 0.3) is 11.4 Å². The molecule has 0 saturated heterocycles. The largest absolute Gasteiger partial charge is 0.390 e. The minimum absolute atomic E-state index is 0.110. The number of nitrogens with zero attached hydrogens (tertiary/aromatic N) is 2. The predicted octanol–water partition coefficient (Wildman–Crippen LogP) is 1.45. The lowest BCUT2D eigenvalue weighted by Crippen LogP contribution is -1.94. The molecule has 2 aromatic heterocycles. The van der Waals surface area contributed by atoms with Gasteiger partial charge in [-0.05, 0) is 24.3 Å². The van der Waals surface area contributed by atoms with Crippen LogP contribution in [-0.4, -0.2) is 21.4 Å². The van der Waals surface area contributed by atoms with E-state index in [1.165, 1.54) is 0 Å². The summed E-state index contributed by atoms with van der Waals surface area (Å²) < 4.78 is 0. The summed E-state index contributed by atoms with van der Waals surface area (Å²) in [7, 11) is 0. The summed E-state index contributed by atoms with van der Waals surface area (Å²) in [6, 6.07) is 10.5. The van der Waals surface area contributed by atoms with Crippen molar-refractivity contribution < 1.29 is 9.90 Å². The maximum absolute atomic E-state index is 10.6. The molecule has 0 atom stereocenters. The lowest BCUT2D eigenvalue weighted by atomic mass is 10.2. The number of carbonyl (C=O) groups excluding carboxylic acids is 1. The lowest BCUT2D eigenvalue weighted by Gasteiger charge is -2.02. The number of hydrogen-bond acceptors (Lipinski definition) is 4. The Morgan fingerprint density at radius 1 is 1.06 bits per heavy atom. The van der Waals surface area contributed by atoms with Crippen LogP contribution in [0.5, 0.6) is 0 Å². The molecule has 0 aliphatic heterocycles. The zero-order valence-corrected chi connectivity index (χ0v) is 8.50. The third-order valence-corrected chi connectivity index (χ3v) is 2.12. The Hall–Kier alpha value is -2.07. The fourth-order valence-corrected chi connectivity index (χ4v) is 1.37. The van der Waals surface area contributed by atoms with Crippen molar-refractivity contribution in [3.8, 4) is 11.4 Å². The second kappa shape index (κ2) is 4.63. The summed E-state index contributed by atoms with van der Waals surface area (Å²) in [5.74, 6) is 0. The quantitative estimate of drug-likeness (QED) is 0.785. The van der Waals surface area contributed by atoms with Gasteiger partial charge in [0.25, 0.3) is 0 Å². The van der Waals surface area contributed by atoms with Crippen LogP contribution in [0.2, 0.25) is 0 Å². The third kappa shape index (κ3) is 2.12. The van der Waals surface area contributed by atoms with Crippen LogP contribution in [-0.2, 0) is 6.61 Å². The van der Waals surface area contributed by atoms with Gasteiger partial charge in [-0.15, -0.1) is 0 Å². The number of hydrogen-bond donors (Lipinski definition) is 1. The van der Waals surface area contributed by atoms with Crippen molar-refractivity contribution in [2.75, 3.05) is 0 Å². The molecule has 0 bridgehead atoms. The lowest BCUT2D eigenvalue weighted by molar-refractivity contribution is 0.111. The number of aliphatic hydroxyl groups is 1. The van der Waals surface area contributed by atoms with Crippen LogP contribution in [0.1, 0.15) is 16.2 Å². The summed E-state index contributed by atoms with van der Waals surface area (Å²) in [6.45, 7) is -0.110. The first-order valence-electron chi connectivity index (χ1n) is 4.83. The highest BCUT2D eigenvalue weighted by Crippen LogP contribution is 2.14. The fraction of sp³-hybridized carbons (Fsp3) is 0.0833. The molecule has 2 aromatic rings. The van der Waals surface area contributed by atoms with E-state index in [-0.39, 0.29) is 6.61 Å². The molecule has 1 N–H and O–H groups in total. The topological polar surface area (TPSA) is 63.1 Å². The van der Waals surface area contributed by atoms with Gasteiger partial charge < -0.3 is 5.11 Å². The molecule has 4 heteroatoms. The van der Waals surface area contributed by atoms with E-state index in [2.05, 4.69) is 9.97 Å². The number of aliphatic hydroxyl groups excluding tert-OH is 1. The normalized spacial score (nSPS) is 10.1. The van der Waals surface area contributed by atoms with Crippen molar-refractivity contribution in [3.05, 3.63) is 47.8 Å². The second-order valence-corrected chi connectivity index (χ2v) is 3.24. The third-order valence-electron chi connectivity index (χ3n) is 2.12. The van der Waals surface area contributed by atoms with E-state index in [0.717, 1.165) is 0 Å². The minimum atomic E-state index is -0.110. The van der Waals surface area contributed by atoms with Crippen molar-refractivity contribution in [2.45, 2.75) is 6.61 Å². The maximum Gasteiger partial charge on any atom is 0.168 e. The van der Waals surface area contributed by atoms with E-state index >= 15 is 0 Å². The molecule has 0 saturated carbocycles. The molecule has 0 aliphatic rings. The maximum atomic E-state index is 10.6.